The fourth-order valence-corrected chi connectivity index (χ4v) is 1.13. The molecule has 0 saturated heterocycles. The first-order valence-electron chi connectivity index (χ1n) is 3.76. The largest absolute Gasteiger partial charge is 0.145 e. The summed E-state index contributed by atoms with van der Waals surface area (Å²) in [7, 11) is 0. The van der Waals surface area contributed by atoms with Gasteiger partial charge in [-0.25, -0.2) is 0 Å². The van der Waals surface area contributed by atoms with E-state index in [1.807, 2.05) is 0 Å². The molecule has 1 aliphatic carbocycles. The molecule has 55 valence electrons. The average molecular weight is 138 g/mol. The fraction of sp³-hybridized carbons (Fsp3) is 0.625. The standard InChI is InChI=1S/C8H12NO/c10-9-8-6-4-2-1-3-5-7-8/h1-2H,3-7H2. The number of allylic oxidation sites excluding steroid dienone is 2. The summed E-state index contributed by atoms with van der Waals surface area (Å²) in [6.45, 7) is 0. The molecule has 0 aromatic heterocycles. The summed E-state index contributed by atoms with van der Waals surface area (Å²) in [6.07, 6.45) is 9.23. The van der Waals surface area contributed by atoms with Crippen LogP contribution in [0.15, 0.2) is 17.3 Å². The van der Waals surface area contributed by atoms with Gasteiger partial charge in [0.1, 0.15) is 0 Å². The maximum atomic E-state index is 10.1. The van der Waals surface area contributed by atoms with Gasteiger partial charge in [0.25, 0.3) is 0 Å². The monoisotopic (exact) mass is 138 g/mol. The molecule has 1 rings (SSSR count). The van der Waals surface area contributed by atoms with Crippen molar-refractivity contribution in [2.24, 2.45) is 5.16 Å². The third kappa shape index (κ3) is 2.21. The summed E-state index contributed by atoms with van der Waals surface area (Å²) < 4.78 is 0. The number of hydrogen-bond donors (Lipinski definition) is 0. The molecule has 0 aromatic rings. The minimum Gasteiger partial charge on any atom is -0.145 e. The zero-order valence-corrected chi connectivity index (χ0v) is 6.05. The lowest BCUT2D eigenvalue weighted by atomic mass is 10.0. The molecule has 10 heavy (non-hydrogen) atoms. The normalized spacial score (nSPS) is 24.2. The van der Waals surface area contributed by atoms with Gasteiger partial charge in [-0.1, -0.05) is 12.2 Å². The van der Waals surface area contributed by atoms with Crippen LogP contribution in [0.1, 0.15) is 32.1 Å². The minimum absolute atomic E-state index is 0.837. The van der Waals surface area contributed by atoms with Crippen LogP contribution in [0.2, 0.25) is 0 Å². The highest BCUT2D eigenvalue weighted by Crippen LogP contribution is 2.08. The average Bonchev–Trinajstić information content (AvgIpc) is 1.87. The predicted octanol–water partition coefficient (Wildman–Crippen LogP) is 2.29. The van der Waals surface area contributed by atoms with Gasteiger partial charge in [-0.2, -0.15) is 0 Å². The molecule has 0 bridgehead atoms. The molecular weight excluding hydrogens is 126 g/mol. The van der Waals surface area contributed by atoms with E-state index in [1.165, 1.54) is 0 Å². The Kier molecular flexibility index (Phi) is 3.00. The Bertz CT molecular complexity index is 149. The van der Waals surface area contributed by atoms with E-state index in [1.54, 1.807) is 0 Å². The van der Waals surface area contributed by atoms with Crippen LogP contribution in [0.3, 0.4) is 0 Å². The van der Waals surface area contributed by atoms with Crippen molar-refractivity contribution in [1.82, 2.24) is 0 Å². The van der Waals surface area contributed by atoms with Crippen LogP contribution in [-0.4, -0.2) is 5.71 Å². The van der Waals surface area contributed by atoms with Crippen molar-refractivity contribution in [3.8, 4) is 0 Å². The number of rotatable bonds is 0. The molecule has 0 amide bonds. The van der Waals surface area contributed by atoms with Gasteiger partial charge in [0, 0.05) is 0 Å². The summed E-state index contributed by atoms with van der Waals surface area (Å²) in [5, 5.41) is 13.1. The first kappa shape index (κ1) is 7.32. The Morgan fingerprint density at radius 3 is 2.80 bits per heavy atom. The molecule has 1 radical (unpaired) electrons. The molecule has 0 aliphatic heterocycles. The van der Waals surface area contributed by atoms with Crippen LogP contribution in [-0.2, 0) is 5.21 Å². The van der Waals surface area contributed by atoms with Gasteiger partial charge in [0.15, 0.2) is 0 Å². The van der Waals surface area contributed by atoms with Crippen molar-refractivity contribution < 1.29 is 5.21 Å². The van der Waals surface area contributed by atoms with Crippen molar-refractivity contribution >= 4 is 5.71 Å². The summed E-state index contributed by atoms with van der Waals surface area (Å²) in [4.78, 5) is 0. The van der Waals surface area contributed by atoms with Gasteiger partial charge < -0.3 is 0 Å². The summed E-state index contributed by atoms with van der Waals surface area (Å²) in [5.41, 5.74) is 0.837. The van der Waals surface area contributed by atoms with Crippen LogP contribution in [0.4, 0.5) is 0 Å². The Labute approximate surface area is 61.2 Å². The highest BCUT2D eigenvalue weighted by atomic mass is 16.4. The summed E-state index contributed by atoms with van der Waals surface area (Å²) >= 11 is 0. The molecule has 0 aromatic carbocycles. The van der Waals surface area contributed by atoms with Crippen LogP contribution in [0.25, 0.3) is 0 Å². The van der Waals surface area contributed by atoms with E-state index >= 15 is 0 Å². The van der Waals surface area contributed by atoms with E-state index < -0.39 is 0 Å². The molecule has 0 heterocycles. The third-order valence-corrected chi connectivity index (χ3v) is 1.73. The molecule has 0 fully saturated rings. The van der Waals surface area contributed by atoms with Gasteiger partial charge in [-0.15, -0.1) is 5.21 Å². The molecule has 0 unspecified atom stereocenters. The Morgan fingerprint density at radius 1 is 1.20 bits per heavy atom. The molecule has 2 heteroatoms. The van der Waals surface area contributed by atoms with Crippen LogP contribution >= 0.6 is 0 Å². The molecule has 0 atom stereocenters. The zero-order valence-electron chi connectivity index (χ0n) is 6.05. The van der Waals surface area contributed by atoms with Crippen molar-refractivity contribution in [2.45, 2.75) is 32.1 Å². The van der Waals surface area contributed by atoms with E-state index in [0.717, 1.165) is 37.8 Å². The van der Waals surface area contributed by atoms with Gasteiger partial charge in [-0.05, 0) is 37.3 Å². The van der Waals surface area contributed by atoms with Crippen molar-refractivity contribution in [2.75, 3.05) is 0 Å². The predicted molar refractivity (Wildman–Crippen MR) is 40.3 cm³/mol. The maximum absolute atomic E-state index is 10.1. The fourth-order valence-electron chi connectivity index (χ4n) is 1.13. The highest BCUT2D eigenvalue weighted by molar-refractivity contribution is 5.84. The smallest absolute Gasteiger partial charge is 0.0627 e. The van der Waals surface area contributed by atoms with Crippen LogP contribution in [0.5, 0.6) is 0 Å². The Balaban J connectivity index is 2.42. The second-order valence-electron chi connectivity index (χ2n) is 2.56. The lowest BCUT2D eigenvalue weighted by molar-refractivity contribution is 0.207. The first-order valence-corrected chi connectivity index (χ1v) is 3.76. The molecule has 1 aliphatic rings. The number of hydrogen-bond acceptors (Lipinski definition) is 1. The Morgan fingerprint density at radius 2 is 2.00 bits per heavy atom. The van der Waals surface area contributed by atoms with Crippen LogP contribution in [0, 0.1) is 0 Å². The molecule has 0 N–H and O–H groups in total. The molecule has 2 nitrogen and oxygen atoms in total. The topological polar surface area (TPSA) is 32.3 Å². The van der Waals surface area contributed by atoms with Gasteiger partial charge in [0.05, 0.1) is 5.71 Å². The quantitative estimate of drug-likeness (QED) is 0.363. The van der Waals surface area contributed by atoms with Crippen LogP contribution < -0.4 is 0 Å². The maximum Gasteiger partial charge on any atom is 0.0627 e. The minimum atomic E-state index is 0.837. The summed E-state index contributed by atoms with van der Waals surface area (Å²) in [5.74, 6) is 0. The Hall–Kier alpha value is -0.790. The molecular formula is C8H12NO. The lowest BCUT2D eigenvalue weighted by Gasteiger charge is -2.02. The van der Waals surface area contributed by atoms with Gasteiger partial charge >= 0.3 is 0 Å². The molecule has 0 spiro atoms. The SMILES string of the molecule is [O]N=C1CCC=CCCC1. The summed E-state index contributed by atoms with van der Waals surface area (Å²) in [6, 6.07) is 0. The molecule has 0 saturated carbocycles. The van der Waals surface area contributed by atoms with E-state index in [9.17, 15) is 5.21 Å². The lowest BCUT2D eigenvalue weighted by Crippen LogP contribution is -1.98. The third-order valence-electron chi connectivity index (χ3n) is 1.73. The second kappa shape index (κ2) is 4.09. The van der Waals surface area contributed by atoms with Crippen molar-refractivity contribution in [3.63, 3.8) is 0 Å². The van der Waals surface area contributed by atoms with Crippen molar-refractivity contribution in [3.05, 3.63) is 12.2 Å². The van der Waals surface area contributed by atoms with E-state index in [4.69, 9.17) is 0 Å². The van der Waals surface area contributed by atoms with Gasteiger partial charge in [0.2, 0.25) is 0 Å². The zero-order chi connectivity index (χ0) is 7.23. The van der Waals surface area contributed by atoms with E-state index in [-0.39, 0.29) is 0 Å². The van der Waals surface area contributed by atoms with Gasteiger partial charge in [-0.3, -0.25) is 0 Å². The van der Waals surface area contributed by atoms with E-state index in [0.29, 0.717) is 0 Å². The van der Waals surface area contributed by atoms with Crippen molar-refractivity contribution in [1.29, 1.82) is 0 Å². The van der Waals surface area contributed by atoms with E-state index in [2.05, 4.69) is 17.3 Å². The first-order chi connectivity index (χ1) is 4.93. The number of nitrogens with zero attached hydrogens (tertiary/aromatic N) is 1. The highest BCUT2D eigenvalue weighted by Gasteiger charge is 2.00. The second-order valence-corrected chi connectivity index (χ2v) is 2.56.